The summed E-state index contributed by atoms with van der Waals surface area (Å²) in [5.74, 6) is 1.91. The van der Waals surface area contributed by atoms with Gasteiger partial charge in [0.15, 0.2) is 0 Å². The number of rotatable bonds is 0. The lowest BCUT2D eigenvalue weighted by Gasteiger charge is -1.92. The van der Waals surface area contributed by atoms with Crippen LogP contribution in [0.5, 0.6) is 0 Å². The van der Waals surface area contributed by atoms with Gasteiger partial charge in [-0.3, -0.25) is 0 Å². The predicted molar refractivity (Wildman–Crippen MR) is 32.8 cm³/mol. The largest absolute Gasteiger partial charge is 0.315 e. The molecule has 0 unspecified atom stereocenters. The SMILES string of the molecule is [CH2]c1nnc2n1CCC2. The van der Waals surface area contributed by atoms with Gasteiger partial charge in [0.25, 0.3) is 0 Å². The highest BCUT2D eigenvalue weighted by molar-refractivity contribution is 5.02. The maximum absolute atomic E-state index is 3.95. The fourth-order valence-electron chi connectivity index (χ4n) is 1.21. The van der Waals surface area contributed by atoms with Crippen molar-refractivity contribution in [2.45, 2.75) is 19.4 Å². The Labute approximate surface area is 53.7 Å². The number of fused-ring (bicyclic) bond motifs is 1. The fraction of sp³-hybridized carbons (Fsp3) is 0.500. The smallest absolute Gasteiger partial charge is 0.133 e. The molecule has 0 saturated carbocycles. The van der Waals surface area contributed by atoms with E-state index in [0.717, 1.165) is 24.6 Å². The first-order chi connectivity index (χ1) is 4.38. The summed E-state index contributed by atoms with van der Waals surface area (Å²) >= 11 is 0. The van der Waals surface area contributed by atoms with Gasteiger partial charge < -0.3 is 4.57 Å². The molecule has 0 bridgehead atoms. The van der Waals surface area contributed by atoms with Crippen LogP contribution in [0.1, 0.15) is 18.1 Å². The van der Waals surface area contributed by atoms with Crippen LogP contribution in [-0.2, 0) is 13.0 Å². The summed E-state index contributed by atoms with van der Waals surface area (Å²) in [6.07, 6.45) is 2.27. The molecular weight excluding hydrogens is 114 g/mol. The lowest BCUT2D eigenvalue weighted by molar-refractivity contribution is 0.727. The Kier molecular flexibility index (Phi) is 0.860. The second-order valence-electron chi connectivity index (χ2n) is 2.29. The molecule has 0 saturated heterocycles. The molecular formula is C6H8N3. The molecule has 1 radical (unpaired) electrons. The molecule has 0 fully saturated rings. The Morgan fingerprint density at radius 2 is 2.33 bits per heavy atom. The van der Waals surface area contributed by atoms with E-state index >= 15 is 0 Å². The van der Waals surface area contributed by atoms with Gasteiger partial charge in [0, 0.05) is 19.9 Å². The first kappa shape index (κ1) is 4.97. The molecule has 0 N–H and O–H groups in total. The van der Waals surface area contributed by atoms with Crippen molar-refractivity contribution in [1.29, 1.82) is 0 Å². The molecule has 3 nitrogen and oxygen atoms in total. The van der Waals surface area contributed by atoms with E-state index < -0.39 is 0 Å². The Morgan fingerprint density at radius 1 is 1.44 bits per heavy atom. The number of nitrogens with zero attached hydrogens (tertiary/aromatic N) is 3. The maximum Gasteiger partial charge on any atom is 0.133 e. The van der Waals surface area contributed by atoms with Crippen LogP contribution in [0.4, 0.5) is 0 Å². The van der Waals surface area contributed by atoms with Gasteiger partial charge in [-0.25, -0.2) is 0 Å². The summed E-state index contributed by atoms with van der Waals surface area (Å²) in [6.45, 7) is 4.80. The molecule has 0 spiro atoms. The summed E-state index contributed by atoms with van der Waals surface area (Å²) in [6, 6.07) is 0. The number of aromatic nitrogens is 3. The van der Waals surface area contributed by atoms with Crippen LogP contribution in [0.3, 0.4) is 0 Å². The summed E-state index contributed by atoms with van der Waals surface area (Å²) in [7, 11) is 0. The van der Waals surface area contributed by atoms with Gasteiger partial charge in [-0.15, -0.1) is 10.2 Å². The highest BCUT2D eigenvalue weighted by Crippen LogP contribution is 2.12. The second-order valence-corrected chi connectivity index (χ2v) is 2.29. The number of hydrogen-bond donors (Lipinski definition) is 0. The number of aryl methyl sites for hydroxylation is 1. The molecule has 2 rings (SSSR count). The molecule has 3 heteroatoms. The van der Waals surface area contributed by atoms with Crippen molar-refractivity contribution in [3.05, 3.63) is 18.6 Å². The zero-order chi connectivity index (χ0) is 6.27. The first-order valence-corrected chi connectivity index (χ1v) is 3.12. The van der Waals surface area contributed by atoms with E-state index in [1.807, 2.05) is 0 Å². The van der Waals surface area contributed by atoms with Gasteiger partial charge in [0.2, 0.25) is 0 Å². The average Bonchev–Trinajstić information content (AvgIpc) is 2.35. The van der Waals surface area contributed by atoms with Crippen molar-refractivity contribution in [1.82, 2.24) is 14.8 Å². The third-order valence-electron chi connectivity index (χ3n) is 1.69. The minimum Gasteiger partial charge on any atom is -0.315 e. The van der Waals surface area contributed by atoms with Gasteiger partial charge >= 0.3 is 0 Å². The maximum atomic E-state index is 3.95. The van der Waals surface area contributed by atoms with Crippen LogP contribution < -0.4 is 0 Å². The molecule has 0 aromatic carbocycles. The summed E-state index contributed by atoms with van der Waals surface area (Å²) in [5.41, 5.74) is 0. The van der Waals surface area contributed by atoms with E-state index in [0.29, 0.717) is 0 Å². The highest BCUT2D eigenvalue weighted by atomic mass is 15.3. The van der Waals surface area contributed by atoms with Gasteiger partial charge in [0.1, 0.15) is 11.6 Å². The zero-order valence-electron chi connectivity index (χ0n) is 5.17. The van der Waals surface area contributed by atoms with E-state index in [1.54, 1.807) is 0 Å². The Morgan fingerprint density at radius 3 is 3.11 bits per heavy atom. The quantitative estimate of drug-likeness (QED) is 0.499. The molecule has 1 aliphatic rings. The fourth-order valence-corrected chi connectivity index (χ4v) is 1.21. The zero-order valence-corrected chi connectivity index (χ0v) is 5.17. The van der Waals surface area contributed by atoms with E-state index in [9.17, 15) is 0 Å². The van der Waals surface area contributed by atoms with Gasteiger partial charge in [-0.1, -0.05) is 0 Å². The summed E-state index contributed by atoms with van der Waals surface area (Å²) in [5, 5.41) is 7.79. The lowest BCUT2D eigenvalue weighted by atomic mass is 10.4. The van der Waals surface area contributed by atoms with E-state index in [2.05, 4.69) is 21.7 Å². The minimum absolute atomic E-state index is 0.808. The minimum atomic E-state index is 0.808. The van der Waals surface area contributed by atoms with Crippen molar-refractivity contribution in [2.24, 2.45) is 0 Å². The summed E-state index contributed by atoms with van der Waals surface area (Å²) < 4.78 is 2.07. The molecule has 1 aromatic heterocycles. The normalized spacial score (nSPS) is 16.1. The van der Waals surface area contributed by atoms with Crippen LogP contribution in [0, 0.1) is 6.92 Å². The van der Waals surface area contributed by atoms with E-state index in [4.69, 9.17) is 0 Å². The molecule has 1 aromatic rings. The van der Waals surface area contributed by atoms with E-state index in [-0.39, 0.29) is 0 Å². The molecule has 9 heavy (non-hydrogen) atoms. The van der Waals surface area contributed by atoms with Crippen molar-refractivity contribution >= 4 is 0 Å². The van der Waals surface area contributed by atoms with Gasteiger partial charge in [-0.2, -0.15) is 0 Å². The Balaban J connectivity index is 2.56. The van der Waals surface area contributed by atoms with Crippen LogP contribution in [0.25, 0.3) is 0 Å². The molecule has 0 atom stereocenters. The van der Waals surface area contributed by atoms with Crippen LogP contribution in [-0.4, -0.2) is 14.8 Å². The first-order valence-electron chi connectivity index (χ1n) is 3.12. The molecule has 2 heterocycles. The highest BCUT2D eigenvalue weighted by Gasteiger charge is 2.13. The molecule has 1 aliphatic heterocycles. The van der Waals surface area contributed by atoms with Crippen molar-refractivity contribution in [2.75, 3.05) is 0 Å². The predicted octanol–water partition coefficient (Wildman–Crippen LogP) is 0.406. The molecule has 0 aliphatic carbocycles. The molecule has 47 valence electrons. The third kappa shape index (κ3) is 0.573. The van der Waals surface area contributed by atoms with Crippen LogP contribution in [0.15, 0.2) is 0 Å². The van der Waals surface area contributed by atoms with Crippen LogP contribution in [0.2, 0.25) is 0 Å². The van der Waals surface area contributed by atoms with Crippen molar-refractivity contribution in [3.8, 4) is 0 Å². The lowest BCUT2D eigenvalue weighted by Crippen LogP contribution is -1.94. The molecule has 0 amide bonds. The third-order valence-corrected chi connectivity index (χ3v) is 1.69. The van der Waals surface area contributed by atoms with Crippen molar-refractivity contribution in [3.63, 3.8) is 0 Å². The van der Waals surface area contributed by atoms with Crippen molar-refractivity contribution < 1.29 is 0 Å². The van der Waals surface area contributed by atoms with E-state index in [1.165, 1.54) is 6.42 Å². The Hall–Kier alpha value is -0.860. The standard InChI is InChI=1S/C6H8N3/c1-5-7-8-6-3-2-4-9(5)6/h1-4H2. The topological polar surface area (TPSA) is 30.7 Å². The Bertz CT molecular complexity index is 226. The summed E-state index contributed by atoms with van der Waals surface area (Å²) in [4.78, 5) is 0. The average molecular weight is 122 g/mol. The number of hydrogen-bond acceptors (Lipinski definition) is 2. The van der Waals surface area contributed by atoms with Gasteiger partial charge in [0.05, 0.1) is 0 Å². The second kappa shape index (κ2) is 1.56. The van der Waals surface area contributed by atoms with Gasteiger partial charge in [-0.05, 0) is 6.42 Å². The monoisotopic (exact) mass is 122 g/mol. The van der Waals surface area contributed by atoms with Crippen LogP contribution >= 0.6 is 0 Å².